The highest BCUT2D eigenvalue weighted by molar-refractivity contribution is 7.99. The minimum absolute atomic E-state index is 0.0565. The second-order valence-electron chi connectivity index (χ2n) is 6.83. The molecule has 1 aromatic heterocycles. The molecule has 25 heavy (non-hydrogen) atoms. The molecule has 3 rings (SSSR count). The van der Waals surface area contributed by atoms with Crippen molar-refractivity contribution in [3.05, 3.63) is 41.7 Å². The Labute approximate surface area is 153 Å². The molecule has 0 aliphatic heterocycles. The van der Waals surface area contributed by atoms with Crippen LogP contribution in [0.1, 0.15) is 30.4 Å². The van der Waals surface area contributed by atoms with E-state index in [1.165, 1.54) is 22.9 Å². The Bertz CT molecular complexity index is 743. The Kier molecular flexibility index (Phi) is 5.81. The van der Waals surface area contributed by atoms with Gasteiger partial charge in [-0.2, -0.15) is 0 Å². The monoisotopic (exact) mass is 358 g/mol. The summed E-state index contributed by atoms with van der Waals surface area (Å²) in [4.78, 5) is 16.6. The summed E-state index contributed by atoms with van der Waals surface area (Å²) in [6, 6.07) is 6.54. The van der Waals surface area contributed by atoms with Gasteiger partial charge in [-0.3, -0.25) is 9.36 Å². The zero-order valence-electron chi connectivity index (χ0n) is 14.9. The fourth-order valence-electron chi connectivity index (χ4n) is 3.31. The molecule has 5 nitrogen and oxygen atoms in total. The number of hydrogen-bond acceptors (Lipinski definition) is 4. The molecule has 1 amide bonds. The van der Waals surface area contributed by atoms with E-state index in [1.54, 1.807) is 6.20 Å². The van der Waals surface area contributed by atoms with E-state index < -0.39 is 0 Å². The molecule has 134 valence electrons. The van der Waals surface area contributed by atoms with Gasteiger partial charge in [0.2, 0.25) is 5.91 Å². The van der Waals surface area contributed by atoms with Gasteiger partial charge in [0.05, 0.1) is 11.4 Å². The second kappa shape index (κ2) is 8.06. The van der Waals surface area contributed by atoms with Crippen molar-refractivity contribution in [1.82, 2.24) is 14.9 Å². The highest BCUT2D eigenvalue weighted by atomic mass is 32.2. The number of imidazole rings is 1. The number of benzene rings is 1. The zero-order chi connectivity index (χ0) is 17.8. The highest BCUT2D eigenvalue weighted by Crippen LogP contribution is 2.25. The Balaban J connectivity index is 1.56. The van der Waals surface area contributed by atoms with Gasteiger partial charge in [-0.1, -0.05) is 23.9 Å². The molecule has 1 aliphatic rings. The summed E-state index contributed by atoms with van der Waals surface area (Å²) in [6.07, 6.45) is 6.93. The van der Waals surface area contributed by atoms with Gasteiger partial charge in [0, 0.05) is 25.0 Å². The summed E-state index contributed by atoms with van der Waals surface area (Å²) in [5.41, 5.74) is 9.50. The van der Waals surface area contributed by atoms with Gasteiger partial charge in [0.1, 0.15) is 0 Å². The first-order valence-electron chi connectivity index (χ1n) is 8.79. The number of hydrogen-bond donors (Lipinski definition) is 2. The fourth-order valence-corrected chi connectivity index (χ4v) is 4.11. The molecule has 1 aromatic carbocycles. The summed E-state index contributed by atoms with van der Waals surface area (Å²) in [5.74, 6) is 0.961. The second-order valence-corrected chi connectivity index (χ2v) is 7.77. The molecule has 1 aliphatic carbocycles. The van der Waals surface area contributed by atoms with E-state index >= 15 is 0 Å². The number of nitrogens with two attached hydrogens (primary N) is 1. The Hall–Kier alpha value is -1.79. The van der Waals surface area contributed by atoms with Crippen LogP contribution >= 0.6 is 11.8 Å². The maximum absolute atomic E-state index is 12.1. The van der Waals surface area contributed by atoms with Crippen molar-refractivity contribution < 1.29 is 4.79 Å². The van der Waals surface area contributed by atoms with E-state index in [0.29, 0.717) is 17.7 Å². The average molecular weight is 359 g/mol. The maximum atomic E-state index is 12.1. The lowest BCUT2D eigenvalue weighted by Crippen LogP contribution is -2.30. The third-order valence-corrected chi connectivity index (χ3v) is 5.91. The normalized spacial score (nSPS) is 20.0. The van der Waals surface area contributed by atoms with E-state index in [2.05, 4.69) is 40.8 Å². The van der Waals surface area contributed by atoms with Crippen LogP contribution in [0.15, 0.2) is 35.7 Å². The summed E-state index contributed by atoms with van der Waals surface area (Å²) in [5, 5.41) is 3.87. The number of rotatable bonds is 6. The topological polar surface area (TPSA) is 72.9 Å². The first-order valence-corrected chi connectivity index (χ1v) is 9.78. The van der Waals surface area contributed by atoms with Crippen LogP contribution < -0.4 is 11.1 Å². The molecule has 0 saturated heterocycles. The van der Waals surface area contributed by atoms with Crippen molar-refractivity contribution in [1.29, 1.82) is 0 Å². The van der Waals surface area contributed by atoms with Crippen molar-refractivity contribution in [3.63, 3.8) is 0 Å². The van der Waals surface area contributed by atoms with Crippen LogP contribution in [0.5, 0.6) is 0 Å². The Morgan fingerprint density at radius 3 is 3.00 bits per heavy atom. The molecule has 1 saturated carbocycles. The summed E-state index contributed by atoms with van der Waals surface area (Å²) in [7, 11) is 0. The number of nitrogens with zero attached hydrogens (tertiary/aromatic N) is 2. The predicted octanol–water partition coefficient (Wildman–Crippen LogP) is 2.82. The van der Waals surface area contributed by atoms with Crippen molar-refractivity contribution in [2.45, 2.75) is 44.3 Å². The van der Waals surface area contributed by atoms with Gasteiger partial charge in [0.15, 0.2) is 5.16 Å². The van der Waals surface area contributed by atoms with Crippen LogP contribution in [0.25, 0.3) is 5.69 Å². The van der Waals surface area contributed by atoms with Crippen LogP contribution in [0, 0.1) is 19.8 Å². The van der Waals surface area contributed by atoms with Gasteiger partial charge in [-0.25, -0.2) is 4.98 Å². The number of thioether (sulfide) groups is 1. The van der Waals surface area contributed by atoms with Gasteiger partial charge < -0.3 is 11.1 Å². The fraction of sp³-hybridized carbons (Fsp3) is 0.474. The van der Waals surface area contributed by atoms with E-state index in [4.69, 9.17) is 5.73 Å². The minimum atomic E-state index is 0.0565. The lowest BCUT2D eigenvalue weighted by Gasteiger charge is -2.13. The summed E-state index contributed by atoms with van der Waals surface area (Å²) < 4.78 is 2.05. The van der Waals surface area contributed by atoms with Crippen LogP contribution in [-0.2, 0) is 4.79 Å². The third kappa shape index (κ3) is 4.44. The summed E-state index contributed by atoms with van der Waals surface area (Å²) in [6.45, 7) is 4.95. The van der Waals surface area contributed by atoms with E-state index in [9.17, 15) is 4.79 Å². The lowest BCUT2D eigenvalue weighted by atomic mass is 10.1. The van der Waals surface area contributed by atoms with Crippen LogP contribution in [0.4, 0.5) is 0 Å². The van der Waals surface area contributed by atoms with Crippen molar-refractivity contribution >= 4 is 17.7 Å². The van der Waals surface area contributed by atoms with Gasteiger partial charge in [-0.05, 0) is 56.2 Å². The van der Waals surface area contributed by atoms with Crippen LogP contribution in [-0.4, -0.2) is 33.8 Å². The predicted molar refractivity (Wildman–Crippen MR) is 102 cm³/mol. The molecule has 0 bridgehead atoms. The Morgan fingerprint density at radius 1 is 1.40 bits per heavy atom. The van der Waals surface area contributed by atoms with E-state index in [1.807, 2.05) is 12.3 Å². The maximum Gasteiger partial charge on any atom is 0.230 e. The molecule has 1 heterocycles. The summed E-state index contributed by atoms with van der Waals surface area (Å²) >= 11 is 1.47. The average Bonchev–Trinajstić information content (AvgIpc) is 3.22. The molecule has 0 radical (unpaired) electrons. The smallest absolute Gasteiger partial charge is 0.230 e. The molecule has 2 atom stereocenters. The standard InChI is InChI=1S/C19H26N4OS/c1-13-4-3-5-17(14(13)2)23-9-8-21-19(23)25-12-18(24)22-11-15-6-7-16(20)10-15/h3-5,8-9,15-16H,6-7,10-12,20H2,1-2H3,(H,22,24)/t15-,16+/m1/s1. The molecule has 1 fully saturated rings. The number of carbonyl (C=O) groups is 1. The number of aryl methyl sites for hydroxylation is 1. The number of aromatic nitrogens is 2. The quantitative estimate of drug-likeness (QED) is 0.779. The van der Waals surface area contributed by atoms with Gasteiger partial charge >= 0.3 is 0 Å². The first kappa shape index (κ1) is 18.0. The third-order valence-electron chi connectivity index (χ3n) is 4.94. The van der Waals surface area contributed by atoms with Crippen molar-refractivity contribution in [3.8, 4) is 5.69 Å². The molecule has 3 N–H and O–H groups in total. The Morgan fingerprint density at radius 2 is 2.24 bits per heavy atom. The molecule has 2 aromatic rings. The van der Waals surface area contributed by atoms with E-state index in [0.717, 1.165) is 36.7 Å². The first-order chi connectivity index (χ1) is 12.0. The molecule has 0 spiro atoms. The molecular weight excluding hydrogens is 332 g/mol. The highest BCUT2D eigenvalue weighted by Gasteiger charge is 2.22. The number of amides is 1. The lowest BCUT2D eigenvalue weighted by molar-refractivity contribution is -0.118. The van der Waals surface area contributed by atoms with Gasteiger partial charge in [0.25, 0.3) is 0 Å². The molecule has 0 unspecified atom stereocenters. The van der Waals surface area contributed by atoms with Crippen molar-refractivity contribution in [2.24, 2.45) is 11.7 Å². The molecule has 6 heteroatoms. The molecular formula is C19H26N4OS. The van der Waals surface area contributed by atoms with Gasteiger partial charge in [-0.15, -0.1) is 0 Å². The van der Waals surface area contributed by atoms with Crippen LogP contribution in [0.2, 0.25) is 0 Å². The SMILES string of the molecule is Cc1cccc(-n2ccnc2SCC(=O)NC[C@@H]2CC[C@H](N)C2)c1C. The number of nitrogens with one attached hydrogen (secondary N) is 1. The van der Waals surface area contributed by atoms with Crippen LogP contribution in [0.3, 0.4) is 0 Å². The van der Waals surface area contributed by atoms with Crippen molar-refractivity contribution in [2.75, 3.05) is 12.3 Å². The van der Waals surface area contributed by atoms with E-state index in [-0.39, 0.29) is 5.91 Å². The largest absolute Gasteiger partial charge is 0.355 e. The minimum Gasteiger partial charge on any atom is -0.355 e. The zero-order valence-corrected chi connectivity index (χ0v) is 15.7. The number of carbonyl (C=O) groups excluding carboxylic acids is 1.